The number of unbranched alkanes of at least 4 members (excludes halogenated alkanes) is 10. The highest BCUT2D eigenvalue weighted by Gasteiger charge is 2.20. The molecule has 7 nitrogen and oxygen atoms in total. The Hall–Kier alpha value is -1.40. The highest BCUT2D eigenvalue weighted by Crippen LogP contribution is 2.35. The molecule has 0 unspecified atom stereocenters. The number of furan rings is 1. The standard InChI is InChI=1S/C24H42NO6P/c1-2-3-4-5-6-7-8-9-10-11-12-13-14-15-16-24(26)25-23(21-31-32(27,28)29)19-22-17-18-30-20-22/h9-10,17-18,20,23H,2-8,11-16,19,21H2,1H3,(H,25,26)(H2,27,28,29)/b10-9-/t23-/m1/s1. The molecule has 0 fully saturated rings. The van der Waals surface area contributed by atoms with Gasteiger partial charge in [-0.25, -0.2) is 4.57 Å². The summed E-state index contributed by atoms with van der Waals surface area (Å²) in [6, 6.07) is 1.23. The average Bonchev–Trinajstić information content (AvgIpc) is 3.25. The zero-order valence-corrected chi connectivity index (χ0v) is 20.4. The normalized spacial score (nSPS) is 13.0. The zero-order valence-electron chi connectivity index (χ0n) is 19.5. The Kier molecular flexibility index (Phi) is 16.2. The van der Waals surface area contributed by atoms with E-state index in [0.29, 0.717) is 12.8 Å². The van der Waals surface area contributed by atoms with Gasteiger partial charge in [-0.15, -0.1) is 0 Å². The maximum atomic E-state index is 12.2. The van der Waals surface area contributed by atoms with Crippen LogP contribution in [0.1, 0.15) is 96.0 Å². The molecule has 1 rings (SSSR count). The van der Waals surface area contributed by atoms with Crippen molar-refractivity contribution in [1.29, 1.82) is 0 Å². The van der Waals surface area contributed by atoms with Crippen LogP contribution in [-0.2, 0) is 20.3 Å². The Balaban J connectivity index is 2.10. The van der Waals surface area contributed by atoms with Gasteiger partial charge in [-0.1, -0.05) is 64.0 Å². The topological polar surface area (TPSA) is 109 Å². The van der Waals surface area contributed by atoms with E-state index in [1.54, 1.807) is 12.3 Å². The van der Waals surface area contributed by atoms with Crippen molar-refractivity contribution >= 4 is 13.7 Å². The number of carbonyl (C=O) groups excluding carboxylic acids is 1. The van der Waals surface area contributed by atoms with Crippen molar-refractivity contribution in [3.05, 3.63) is 36.3 Å². The molecule has 0 saturated heterocycles. The summed E-state index contributed by atoms with van der Waals surface area (Å²) in [6.07, 6.45) is 22.7. The van der Waals surface area contributed by atoms with Crippen LogP contribution in [-0.4, -0.2) is 28.3 Å². The van der Waals surface area contributed by atoms with Gasteiger partial charge in [0.05, 0.1) is 25.2 Å². The van der Waals surface area contributed by atoms with Crippen LogP contribution in [0, 0.1) is 0 Å². The summed E-state index contributed by atoms with van der Waals surface area (Å²) in [6.45, 7) is 1.98. The van der Waals surface area contributed by atoms with Gasteiger partial charge in [-0.3, -0.25) is 9.32 Å². The van der Waals surface area contributed by atoms with Gasteiger partial charge in [0, 0.05) is 6.42 Å². The lowest BCUT2D eigenvalue weighted by Gasteiger charge is -2.18. The van der Waals surface area contributed by atoms with Crippen LogP contribution in [0.15, 0.2) is 35.2 Å². The van der Waals surface area contributed by atoms with Crippen molar-refractivity contribution in [3.8, 4) is 0 Å². The Morgan fingerprint density at radius 3 is 2.28 bits per heavy atom. The highest BCUT2D eigenvalue weighted by molar-refractivity contribution is 7.46. The molecule has 0 aliphatic heterocycles. The number of phosphoric ester groups is 1. The minimum Gasteiger partial charge on any atom is -0.472 e. The number of allylic oxidation sites excluding steroid dienone is 2. The van der Waals surface area contributed by atoms with Crippen molar-refractivity contribution in [2.45, 2.75) is 103 Å². The molecule has 32 heavy (non-hydrogen) atoms. The molecule has 1 amide bonds. The third kappa shape index (κ3) is 17.2. The molecule has 0 radical (unpaired) electrons. The second-order valence-corrected chi connectivity index (χ2v) is 9.61. The number of amides is 1. The third-order valence-electron chi connectivity index (χ3n) is 5.29. The van der Waals surface area contributed by atoms with Gasteiger partial charge in [0.2, 0.25) is 5.91 Å². The van der Waals surface area contributed by atoms with Gasteiger partial charge >= 0.3 is 7.82 Å². The summed E-state index contributed by atoms with van der Waals surface area (Å²) in [7, 11) is -4.59. The first-order chi connectivity index (χ1) is 15.4. The number of carbonyl (C=O) groups is 1. The fourth-order valence-electron chi connectivity index (χ4n) is 3.51. The Morgan fingerprint density at radius 1 is 1.06 bits per heavy atom. The van der Waals surface area contributed by atoms with Crippen LogP contribution >= 0.6 is 7.82 Å². The van der Waals surface area contributed by atoms with Crippen LogP contribution in [0.3, 0.4) is 0 Å². The third-order valence-corrected chi connectivity index (χ3v) is 5.77. The zero-order chi connectivity index (χ0) is 23.5. The van der Waals surface area contributed by atoms with E-state index in [2.05, 4.69) is 28.9 Å². The van der Waals surface area contributed by atoms with E-state index < -0.39 is 13.9 Å². The van der Waals surface area contributed by atoms with E-state index in [4.69, 9.17) is 14.2 Å². The van der Waals surface area contributed by atoms with Gasteiger partial charge in [-0.05, 0) is 50.2 Å². The molecule has 1 heterocycles. The molecule has 1 aromatic rings. The average molecular weight is 472 g/mol. The minimum atomic E-state index is -4.59. The Bertz CT molecular complexity index is 655. The smallest absolute Gasteiger partial charge is 0.469 e. The van der Waals surface area contributed by atoms with E-state index >= 15 is 0 Å². The Labute approximate surface area is 193 Å². The molecule has 0 spiro atoms. The molecule has 0 aliphatic carbocycles. The van der Waals surface area contributed by atoms with Crippen molar-refractivity contribution in [2.75, 3.05) is 6.61 Å². The van der Waals surface area contributed by atoms with E-state index in [-0.39, 0.29) is 12.5 Å². The molecule has 0 saturated carbocycles. The molecule has 8 heteroatoms. The van der Waals surface area contributed by atoms with Crippen molar-refractivity contribution in [1.82, 2.24) is 5.32 Å². The molecule has 1 aromatic heterocycles. The highest BCUT2D eigenvalue weighted by atomic mass is 31.2. The summed E-state index contributed by atoms with van der Waals surface area (Å²) in [5, 5.41) is 2.81. The van der Waals surface area contributed by atoms with Crippen molar-refractivity contribution in [2.24, 2.45) is 0 Å². The van der Waals surface area contributed by atoms with Gasteiger partial charge in [0.25, 0.3) is 0 Å². The second kappa shape index (κ2) is 18.1. The quantitative estimate of drug-likeness (QED) is 0.121. The lowest BCUT2D eigenvalue weighted by atomic mass is 10.1. The van der Waals surface area contributed by atoms with Gasteiger partial charge in [0.1, 0.15) is 0 Å². The Morgan fingerprint density at radius 2 is 1.69 bits per heavy atom. The summed E-state index contributed by atoms with van der Waals surface area (Å²) >= 11 is 0. The number of rotatable bonds is 20. The second-order valence-electron chi connectivity index (χ2n) is 8.37. The summed E-state index contributed by atoms with van der Waals surface area (Å²) in [5.74, 6) is -0.133. The fraction of sp³-hybridized carbons (Fsp3) is 0.708. The molecule has 1 atom stereocenters. The lowest BCUT2D eigenvalue weighted by Crippen LogP contribution is -2.39. The summed E-state index contributed by atoms with van der Waals surface area (Å²) < 4.78 is 20.6. The van der Waals surface area contributed by atoms with Crippen LogP contribution in [0.2, 0.25) is 0 Å². The van der Waals surface area contributed by atoms with E-state index in [1.165, 1.54) is 51.2 Å². The predicted molar refractivity (Wildman–Crippen MR) is 127 cm³/mol. The largest absolute Gasteiger partial charge is 0.472 e. The fourth-order valence-corrected chi connectivity index (χ4v) is 3.89. The molecular formula is C24H42NO6P. The maximum Gasteiger partial charge on any atom is 0.469 e. The van der Waals surface area contributed by atoms with E-state index in [0.717, 1.165) is 37.7 Å². The molecule has 3 N–H and O–H groups in total. The van der Waals surface area contributed by atoms with Crippen LogP contribution in [0.25, 0.3) is 0 Å². The minimum absolute atomic E-state index is 0.133. The van der Waals surface area contributed by atoms with E-state index in [9.17, 15) is 9.36 Å². The first-order valence-electron chi connectivity index (χ1n) is 12.1. The number of phosphoric acid groups is 1. The van der Waals surface area contributed by atoms with Crippen LogP contribution < -0.4 is 5.32 Å². The first kappa shape index (κ1) is 28.6. The molecule has 0 aliphatic rings. The first-order valence-corrected chi connectivity index (χ1v) is 13.6. The molecule has 0 bridgehead atoms. The van der Waals surface area contributed by atoms with Gasteiger partial charge in [-0.2, -0.15) is 0 Å². The van der Waals surface area contributed by atoms with Crippen molar-refractivity contribution in [3.63, 3.8) is 0 Å². The molecular weight excluding hydrogens is 429 g/mol. The SMILES string of the molecule is CCCCCCCC/C=C\CCCCCCC(=O)N[C@@H](COP(=O)(O)O)Cc1ccoc1. The van der Waals surface area contributed by atoms with Crippen LogP contribution in [0.5, 0.6) is 0 Å². The molecule has 0 aromatic carbocycles. The molecule has 184 valence electrons. The van der Waals surface area contributed by atoms with Gasteiger partial charge < -0.3 is 19.5 Å². The van der Waals surface area contributed by atoms with Crippen molar-refractivity contribution < 1.29 is 28.1 Å². The monoisotopic (exact) mass is 471 g/mol. The summed E-state index contributed by atoms with van der Waals surface area (Å²) in [4.78, 5) is 30.1. The lowest BCUT2D eigenvalue weighted by molar-refractivity contribution is -0.122. The number of hydrogen-bond donors (Lipinski definition) is 3. The van der Waals surface area contributed by atoms with E-state index in [1.807, 2.05) is 0 Å². The van der Waals surface area contributed by atoms with Gasteiger partial charge in [0.15, 0.2) is 0 Å². The number of nitrogens with one attached hydrogen (secondary N) is 1. The number of hydrogen-bond acceptors (Lipinski definition) is 4. The maximum absolute atomic E-state index is 12.2. The van der Waals surface area contributed by atoms with Crippen LogP contribution in [0.4, 0.5) is 0 Å². The summed E-state index contributed by atoms with van der Waals surface area (Å²) in [5.41, 5.74) is 0.828. The predicted octanol–water partition coefficient (Wildman–Crippen LogP) is 6.06.